The van der Waals surface area contributed by atoms with E-state index in [4.69, 9.17) is 9.97 Å². The van der Waals surface area contributed by atoms with Crippen molar-refractivity contribution in [2.45, 2.75) is 0 Å². The predicted octanol–water partition coefficient (Wildman–Crippen LogP) is 12.3. The average Bonchev–Trinajstić information content (AvgIpc) is 3.18. The molecule has 1 heterocycles. The zero-order valence-electron chi connectivity index (χ0n) is 26.2. The van der Waals surface area contributed by atoms with Gasteiger partial charge in [-0.25, -0.2) is 9.97 Å². The molecule has 224 valence electrons. The zero-order valence-corrected chi connectivity index (χ0v) is 26.2. The number of hydrogen-bond donors (Lipinski definition) is 0. The lowest BCUT2D eigenvalue weighted by Crippen LogP contribution is -1.96. The Bertz CT molecular complexity index is 2500. The van der Waals surface area contributed by atoms with Crippen molar-refractivity contribution in [1.29, 1.82) is 0 Å². The molecular weight excluding hydrogens is 581 g/mol. The summed E-state index contributed by atoms with van der Waals surface area (Å²) in [4.78, 5) is 10.2. The summed E-state index contributed by atoms with van der Waals surface area (Å²) < 4.78 is 0. The van der Waals surface area contributed by atoms with E-state index in [9.17, 15) is 0 Å². The van der Waals surface area contributed by atoms with E-state index in [2.05, 4.69) is 146 Å². The van der Waals surface area contributed by atoms with Crippen molar-refractivity contribution in [3.8, 4) is 56.2 Å². The number of nitrogens with zero attached hydrogens (tertiary/aromatic N) is 2. The molecule has 48 heavy (non-hydrogen) atoms. The van der Waals surface area contributed by atoms with Crippen LogP contribution in [0.15, 0.2) is 182 Å². The quantitative estimate of drug-likeness (QED) is 0.181. The highest BCUT2D eigenvalue weighted by Gasteiger charge is 2.14. The summed E-state index contributed by atoms with van der Waals surface area (Å²) >= 11 is 0. The molecule has 0 radical (unpaired) electrons. The first-order valence-electron chi connectivity index (χ1n) is 16.3. The molecule has 0 aliphatic heterocycles. The summed E-state index contributed by atoms with van der Waals surface area (Å²) in [6.07, 6.45) is 0. The molecule has 1 aromatic heterocycles. The van der Waals surface area contributed by atoms with Crippen molar-refractivity contribution in [3.05, 3.63) is 182 Å². The summed E-state index contributed by atoms with van der Waals surface area (Å²) in [5.74, 6) is 0.709. The standard InChI is InChI=1S/C46H30N2/c1-3-14-31(15-4-1)43-30-44(32-16-5-2-6-17-32)48-46(47-43)36-21-12-19-34(29-36)33-18-11-20-35(28-33)37-26-13-27-42-40-23-8-7-22-38(40)39-24-9-10-25-41(39)45(37)42/h1-30H. The van der Waals surface area contributed by atoms with Crippen LogP contribution in [-0.2, 0) is 0 Å². The van der Waals surface area contributed by atoms with Crippen molar-refractivity contribution >= 4 is 32.3 Å². The van der Waals surface area contributed by atoms with Gasteiger partial charge in [-0.1, -0.05) is 164 Å². The summed E-state index contributed by atoms with van der Waals surface area (Å²) in [7, 11) is 0. The number of benzene rings is 8. The third-order valence-corrected chi connectivity index (χ3v) is 9.26. The molecule has 9 aromatic rings. The van der Waals surface area contributed by atoms with Crippen molar-refractivity contribution in [3.63, 3.8) is 0 Å². The normalized spacial score (nSPS) is 11.3. The molecule has 0 fully saturated rings. The second-order valence-electron chi connectivity index (χ2n) is 12.2. The second-order valence-corrected chi connectivity index (χ2v) is 12.2. The average molecular weight is 611 g/mol. The van der Waals surface area contributed by atoms with Gasteiger partial charge in [-0.3, -0.25) is 0 Å². The molecular formula is C46H30N2. The summed E-state index contributed by atoms with van der Waals surface area (Å²) in [6, 6.07) is 64.5. The number of rotatable bonds is 5. The smallest absolute Gasteiger partial charge is 0.160 e. The van der Waals surface area contributed by atoms with Gasteiger partial charge in [-0.05, 0) is 72.8 Å². The van der Waals surface area contributed by atoms with E-state index in [0.717, 1.165) is 39.2 Å². The Kier molecular flexibility index (Phi) is 6.84. The van der Waals surface area contributed by atoms with Gasteiger partial charge in [0.15, 0.2) is 5.82 Å². The fourth-order valence-corrected chi connectivity index (χ4v) is 6.99. The molecule has 0 saturated heterocycles. The van der Waals surface area contributed by atoms with Gasteiger partial charge in [-0.15, -0.1) is 0 Å². The van der Waals surface area contributed by atoms with Crippen molar-refractivity contribution in [2.75, 3.05) is 0 Å². The number of hydrogen-bond acceptors (Lipinski definition) is 2. The van der Waals surface area contributed by atoms with Crippen LogP contribution in [0.5, 0.6) is 0 Å². The first-order valence-corrected chi connectivity index (χ1v) is 16.3. The molecule has 0 aliphatic rings. The molecule has 2 nitrogen and oxygen atoms in total. The Hall–Kier alpha value is -6.38. The van der Waals surface area contributed by atoms with Crippen LogP contribution in [0.4, 0.5) is 0 Å². The minimum atomic E-state index is 0.709. The first kappa shape index (κ1) is 27.9. The maximum atomic E-state index is 5.08. The Balaban J connectivity index is 1.18. The zero-order chi connectivity index (χ0) is 31.9. The Morgan fingerprint density at radius 3 is 1.25 bits per heavy atom. The van der Waals surface area contributed by atoms with E-state index in [1.807, 2.05) is 36.4 Å². The molecule has 8 aromatic carbocycles. The Morgan fingerprint density at radius 2 is 0.667 bits per heavy atom. The highest BCUT2D eigenvalue weighted by atomic mass is 14.9. The maximum absolute atomic E-state index is 5.08. The van der Waals surface area contributed by atoms with Gasteiger partial charge in [0.1, 0.15) is 0 Å². The fourth-order valence-electron chi connectivity index (χ4n) is 6.99. The summed E-state index contributed by atoms with van der Waals surface area (Å²) in [5, 5.41) is 7.70. The van der Waals surface area contributed by atoms with Gasteiger partial charge < -0.3 is 0 Å². The van der Waals surface area contributed by atoms with Crippen LogP contribution >= 0.6 is 0 Å². The van der Waals surface area contributed by atoms with Crippen molar-refractivity contribution in [2.24, 2.45) is 0 Å². The Morgan fingerprint density at radius 1 is 0.271 bits per heavy atom. The van der Waals surface area contributed by atoms with Crippen LogP contribution < -0.4 is 0 Å². The van der Waals surface area contributed by atoms with Gasteiger partial charge in [0, 0.05) is 16.7 Å². The Labute approximate surface area is 279 Å². The number of aromatic nitrogens is 2. The topological polar surface area (TPSA) is 25.8 Å². The lowest BCUT2D eigenvalue weighted by atomic mass is 9.89. The van der Waals surface area contributed by atoms with Crippen molar-refractivity contribution < 1.29 is 0 Å². The lowest BCUT2D eigenvalue weighted by molar-refractivity contribution is 1.18. The fraction of sp³-hybridized carbons (Fsp3) is 0. The molecule has 9 rings (SSSR count). The highest BCUT2D eigenvalue weighted by molar-refractivity contribution is 6.28. The molecule has 2 heteroatoms. The van der Waals surface area contributed by atoms with Gasteiger partial charge >= 0.3 is 0 Å². The van der Waals surface area contributed by atoms with E-state index < -0.39 is 0 Å². The SMILES string of the molecule is c1ccc(-c2cc(-c3ccccc3)nc(-c3cccc(-c4cccc(-c5cccc6c7ccccc7c7ccccc7c56)c4)c3)n2)cc1. The first-order chi connectivity index (χ1) is 23.8. The van der Waals surface area contributed by atoms with Crippen LogP contribution in [0, 0.1) is 0 Å². The second kappa shape index (κ2) is 11.8. The van der Waals surface area contributed by atoms with Gasteiger partial charge in [-0.2, -0.15) is 0 Å². The van der Waals surface area contributed by atoms with Crippen LogP contribution in [0.1, 0.15) is 0 Å². The molecule has 0 atom stereocenters. The molecule has 0 unspecified atom stereocenters. The van der Waals surface area contributed by atoms with Crippen LogP contribution in [0.2, 0.25) is 0 Å². The van der Waals surface area contributed by atoms with Gasteiger partial charge in [0.25, 0.3) is 0 Å². The third-order valence-electron chi connectivity index (χ3n) is 9.26. The van der Waals surface area contributed by atoms with Crippen molar-refractivity contribution in [1.82, 2.24) is 9.97 Å². The third kappa shape index (κ3) is 4.92. The van der Waals surface area contributed by atoms with Crippen LogP contribution in [-0.4, -0.2) is 9.97 Å². The summed E-state index contributed by atoms with van der Waals surface area (Å²) in [5.41, 5.74) is 9.63. The predicted molar refractivity (Wildman–Crippen MR) is 202 cm³/mol. The molecule has 0 bridgehead atoms. The monoisotopic (exact) mass is 610 g/mol. The molecule has 0 N–H and O–H groups in total. The van der Waals surface area contributed by atoms with E-state index in [-0.39, 0.29) is 0 Å². The van der Waals surface area contributed by atoms with E-state index >= 15 is 0 Å². The lowest BCUT2D eigenvalue weighted by Gasteiger charge is -2.15. The van der Waals surface area contributed by atoms with E-state index in [1.54, 1.807) is 0 Å². The van der Waals surface area contributed by atoms with Gasteiger partial charge in [0.05, 0.1) is 11.4 Å². The molecule has 0 amide bonds. The highest BCUT2D eigenvalue weighted by Crippen LogP contribution is 2.41. The minimum Gasteiger partial charge on any atom is -0.228 e. The van der Waals surface area contributed by atoms with E-state index in [1.165, 1.54) is 43.4 Å². The largest absolute Gasteiger partial charge is 0.228 e. The maximum Gasteiger partial charge on any atom is 0.160 e. The van der Waals surface area contributed by atoms with Gasteiger partial charge in [0.2, 0.25) is 0 Å². The van der Waals surface area contributed by atoms with Crippen LogP contribution in [0.25, 0.3) is 88.5 Å². The minimum absolute atomic E-state index is 0.709. The molecule has 0 aliphatic carbocycles. The molecule has 0 spiro atoms. The number of fused-ring (bicyclic) bond motifs is 6. The van der Waals surface area contributed by atoms with E-state index in [0.29, 0.717) is 5.82 Å². The van der Waals surface area contributed by atoms with Crippen LogP contribution in [0.3, 0.4) is 0 Å². The molecule has 0 saturated carbocycles. The summed E-state index contributed by atoms with van der Waals surface area (Å²) in [6.45, 7) is 0.